The molecule has 1 unspecified atom stereocenters. The molecule has 1 saturated heterocycles. The van der Waals surface area contributed by atoms with Crippen molar-refractivity contribution in [2.45, 2.75) is 75.5 Å². The number of rotatable bonds is 3. The van der Waals surface area contributed by atoms with Crippen LogP contribution in [0.1, 0.15) is 57.8 Å². The summed E-state index contributed by atoms with van der Waals surface area (Å²) in [5, 5.41) is 3.60. The number of hydrogen-bond donors (Lipinski definition) is 1. The van der Waals surface area contributed by atoms with Crippen LogP contribution in [0.25, 0.3) is 0 Å². The average molecular weight is 209 g/mol. The highest BCUT2D eigenvalue weighted by molar-refractivity contribution is 4.92. The number of hydrogen-bond acceptors (Lipinski definition) is 2. The molecule has 1 spiro atoms. The Morgan fingerprint density at radius 3 is 2.53 bits per heavy atom. The third-order valence-corrected chi connectivity index (χ3v) is 4.31. The Morgan fingerprint density at radius 1 is 1.00 bits per heavy atom. The van der Waals surface area contributed by atoms with E-state index < -0.39 is 0 Å². The molecule has 1 atom stereocenters. The zero-order valence-corrected chi connectivity index (χ0v) is 9.63. The molecular formula is C13H23NO. The van der Waals surface area contributed by atoms with Gasteiger partial charge >= 0.3 is 0 Å². The molecule has 3 rings (SSSR count). The Morgan fingerprint density at radius 2 is 1.80 bits per heavy atom. The Balaban J connectivity index is 1.47. The van der Waals surface area contributed by atoms with Crippen molar-refractivity contribution >= 4 is 0 Å². The Kier molecular flexibility index (Phi) is 2.73. The lowest BCUT2D eigenvalue weighted by Gasteiger charge is -2.33. The van der Waals surface area contributed by atoms with Crippen LogP contribution in [0.15, 0.2) is 0 Å². The predicted octanol–water partition coefficient (Wildman–Crippen LogP) is 2.62. The van der Waals surface area contributed by atoms with Gasteiger partial charge in [-0.2, -0.15) is 0 Å². The smallest absolute Gasteiger partial charge is 0.0708 e. The summed E-state index contributed by atoms with van der Waals surface area (Å²) in [7, 11) is 0. The van der Waals surface area contributed by atoms with Gasteiger partial charge in [0.2, 0.25) is 0 Å². The molecule has 15 heavy (non-hydrogen) atoms. The third-order valence-electron chi connectivity index (χ3n) is 4.31. The van der Waals surface area contributed by atoms with Gasteiger partial charge in [0.05, 0.1) is 11.7 Å². The van der Waals surface area contributed by atoms with Crippen molar-refractivity contribution in [3.8, 4) is 0 Å². The van der Waals surface area contributed by atoms with Gasteiger partial charge in [0.25, 0.3) is 0 Å². The van der Waals surface area contributed by atoms with E-state index in [1.54, 1.807) is 0 Å². The van der Waals surface area contributed by atoms with Crippen LogP contribution in [0.4, 0.5) is 0 Å². The monoisotopic (exact) mass is 209 g/mol. The second kappa shape index (κ2) is 4.06. The first-order chi connectivity index (χ1) is 7.36. The Bertz CT molecular complexity index is 219. The summed E-state index contributed by atoms with van der Waals surface area (Å²) in [6.07, 6.45) is 12.8. The minimum atomic E-state index is 0.314. The van der Waals surface area contributed by atoms with Gasteiger partial charge in [0.15, 0.2) is 0 Å². The van der Waals surface area contributed by atoms with Gasteiger partial charge in [-0.3, -0.25) is 0 Å². The van der Waals surface area contributed by atoms with E-state index >= 15 is 0 Å². The minimum Gasteiger partial charge on any atom is -0.370 e. The minimum absolute atomic E-state index is 0.314. The molecule has 0 radical (unpaired) electrons. The molecule has 2 heteroatoms. The predicted molar refractivity (Wildman–Crippen MR) is 60.9 cm³/mol. The summed E-state index contributed by atoms with van der Waals surface area (Å²) >= 11 is 0. The summed E-state index contributed by atoms with van der Waals surface area (Å²) in [5.74, 6) is 0. The maximum Gasteiger partial charge on any atom is 0.0708 e. The van der Waals surface area contributed by atoms with E-state index in [4.69, 9.17) is 4.74 Å². The molecule has 3 aliphatic rings. The molecule has 86 valence electrons. The van der Waals surface area contributed by atoms with E-state index in [-0.39, 0.29) is 0 Å². The molecular weight excluding hydrogens is 186 g/mol. The van der Waals surface area contributed by atoms with E-state index in [1.165, 1.54) is 57.8 Å². The zero-order valence-electron chi connectivity index (χ0n) is 9.63. The first-order valence-electron chi connectivity index (χ1n) is 6.78. The summed E-state index contributed by atoms with van der Waals surface area (Å²) in [6.45, 7) is 1.10. The van der Waals surface area contributed by atoms with Crippen LogP contribution in [-0.4, -0.2) is 24.3 Å². The lowest BCUT2D eigenvalue weighted by molar-refractivity contribution is -0.0624. The fourth-order valence-corrected chi connectivity index (χ4v) is 3.19. The highest BCUT2D eigenvalue weighted by Crippen LogP contribution is 2.41. The summed E-state index contributed by atoms with van der Waals surface area (Å²) < 4.78 is 6.31. The molecule has 3 fully saturated rings. The molecule has 0 amide bonds. The van der Waals surface area contributed by atoms with Gasteiger partial charge in [-0.05, 0) is 38.5 Å². The van der Waals surface area contributed by atoms with Crippen LogP contribution in [0, 0.1) is 0 Å². The Hall–Kier alpha value is -0.0800. The lowest BCUT2D eigenvalue weighted by Crippen LogP contribution is -2.35. The molecule has 2 nitrogen and oxygen atoms in total. The maximum atomic E-state index is 6.31. The van der Waals surface area contributed by atoms with Gasteiger partial charge in [-0.1, -0.05) is 19.3 Å². The molecule has 1 N–H and O–H groups in total. The van der Waals surface area contributed by atoms with Crippen molar-refractivity contribution in [1.29, 1.82) is 0 Å². The highest BCUT2D eigenvalue weighted by atomic mass is 16.5. The molecule has 0 aromatic heterocycles. The topological polar surface area (TPSA) is 21.3 Å². The van der Waals surface area contributed by atoms with Gasteiger partial charge in [-0.15, -0.1) is 0 Å². The fraction of sp³-hybridized carbons (Fsp3) is 1.00. The van der Waals surface area contributed by atoms with Crippen LogP contribution in [0.5, 0.6) is 0 Å². The van der Waals surface area contributed by atoms with Crippen LogP contribution in [-0.2, 0) is 4.74 Å². The zero-order chi connectivity index (χ0) is 10.1. The number of ether oxygens (including phenoxy) is 1. The maximum absolute atomic E-state index is 6.31. The Labute approximate surface area is 92.8 Å². The van der Waals surface area contributed by atoms with Gasteiger partial charge in [-0.25, -0.2) is 0 Å². The first-order valence-corrected chi connectivity index (χ1v) is 6.78. The van der Waals surface area contributed by atoms with E-state index in [9.17, 15) is 0 Å². The lowest BCUT2D eigenvalue weighted by atomic mass is 9.83. The summed E-state index contributed by atoms with van der Waals surface area (Å²) in [6, 6.07) is 0.830. The number of nitrogens with one attached hydrogen (secondary N) is 1. The molecule has 0 bridgehead atoms. The highest BCUT2D eigenvalue weighted by Gasteiger charge is 2.40. The van der Waals surface area contributed by atoms with E-state index in [0.717, 1.165) is 12.6 Å². The van der Waals surface area contributed by atoms with Crippen molar-refractivity contribution in [3.05, 3.63) is 0 Å². The van der Waals surface area contributed by atoms with Gasteiger partial charge < -0.3 is 10.1 Å². The van der Waals surface area contributed by atoms with E-state index in [2.05, 4.69) is 5.32 Å². The van der Waals surface area contributed by atoms with Crippen molar-refractivity contribution in [1.82, 2.24) is 5.32 Å². The fourth-order valence-electron chi connectivity index (χ4n) is 3.19. The van der Waals surface area contributed by atoms with E-state index in [0.29, 0.717) is 11.7 Å². The quantitative estimate of drug-likeness (QED) is 0.771. The molecule has 0 aromatic rings. The standard InChI is InChI=1S/C13H23NO/c1-2-7-13(8-3-1)9-6-12(15-13)10-14-11-4-5-11/h11-12,14H,1-10H2. The van der Waals surface area contributed by atoms with Crippen LogP contribution < -0.4 is 5.32 Å². The molecule has 1 aliphatic heterocycles. The average Bonchev–Trinajstić information content (AvgIpc) is 3.02. The second-order valence-electron chi connectivity index (χ2n) is 5.70. The van der Waals surface area contributed by atoms with E-state index in [1.807, 2.05) is 0 Å². The second-order valence-corrected chi connectivity index (χ2v) is 5.70. The third kappa shape index (κ3) is 2.36. The summed E-state index contributed by atoms with van der Waals surface area (Å²) in [5.41, 5.74) is 0.314. The van der Waals surface area contributed by atoms with Crippen LogP contribution in [0.2, 0.25) is 0 Å². The normalized spacial score (nSPS) is 34.8. The van der Waals surface area contributed by atoms with Crippen molar-refractivity contribution < 1.29 is 4.74 Å². The van der Waals surface area contributed by atoms with Crippen molar-refractivity contribution in [2.24, 2.45) is 0 Å². The van der Waals surface area contributed by atoms with Crippen LogP contribution >= 0.6 is 0 Å². The van der Waals surface area contributed by atoms with Gasteiger partial charge in [0.1, 0.15) is 0 Å². The molecule has 2 saturated carbocycles. The largest absolute Gasteiger partial charge is 0.370 e. The molecule has 2 aliphatic carbocycles. The molecule has 0 aromatic carbocycles. The summed E-state index contributed by atoms with van der Waals surface area (Å²) in [4.78, 5) is 0. The van der Waals surface area contributed by atoms with Crippen LogP contribution in [0.3, 0.4) is 0 Å². The van der Waals surface area contributed by atoms with Crippen molar-refractivity contribution in [2.75, 3.05) is 6.54 Å². The molecule has 1 heterocycles. The SMILES string of the molecule is C1CCC2(CC1)CCC(CNC1CC1)O2. The first kappa shape index (κ1) is 10.1. The van der Waals surface area contributed by atoms with Gasteiger partial charge in [0, 0.05) is 12.6 Å². The van der Waals surface area contributed by atoms with Crippen molar-refractivity contribution in [3.63, 3.8) is 0 Å².